The van der Waals surface area contributed by atoms with Crippen LogP contribution >= 0.6 is 0 Å². The minimum atomic E-state index is -3.77. The van der Waals surface area contributed by atoms with Crippen molar-refractivity contribution >= 4 is 15.9 Å². The molecule has 0 radical (unpaired) electrons. The molecule has 3 N–H and O–H groups in total. The van der Waals surface area contributed by atoms with E-state index in [-0.39, 0.29) is 17.3 Å². The van der Waals surface area contributed by atoms with Gasteiger partial charge in [-0.1, -0.05) is 24.8 Å². The van der Waals surface area contributed by atoms with Crippen LogP contribution in [0.25, 0.3) is 0 Å². The molecule has 0 spiro atoms. The van der Waals surface area contributed by atoms with Gasteiger partial charge in [-0.2, -0.15) is 0 Å². The van der Waals surface area contributed by atoms with Gasteiger partial charge in [-0.15, -0.1) is 0 Å². The second-order valence-corrected chi connectivity index (χ2v) is 4.60. The largest absolute Gasteiger partial charge is 0.348 e. The Morgan fingerprint density at radius 2 is 2.06 bits per heavy atom. The number of benzene rings is 1. The van der Waals surface area contributed by atoms with Crippen molar-refractivity contribution in [3.05, 3.63) is 42.5 Å². The van der Waals surface area contributed by atoms with Crippen LogP contribution in [0.4, 0.5) is 0 Å². The van der Waals surface area contributed by atoms with Gasteiger partial charge in [0, 0.05) is 6.54 Å². The summed E-state index contributed by atoms with van der Waals surface area (Å²) < 4.78 is 22.4. The van der Waals surface area contributed by atoms with Gasteiger partial charge < -0.3 is 5.32 Å². The lowest BCUT2D eigenvalue weighted by Gasteiger charge is -2.07. The van der Waals surface area contributed by atoms with E-state index in [0.29, 0.717) is 5.56 Å². The van der Waals surface area contributed by atoms with Gasteiger partial charge in [-0.25, -0.2) is 13.6 Å². The Bertz CT molecular complexity index is 509. The molecule has 0 bridgehead atoms. The Morgan fingerprint density at radius 3 is 2.62 bits per heavy atom. The molecule has 1 aromatic rings. The van der Waals surface area contributed by atoms with Crippen LogP contribution in [-0.4, -0.2) is 14.3 Å². The van der Waals surface area contributed by atoms with Crippen molar-refractivity contribution in [2.75, 3.05) is 0 Å². The van der Waals surface area contributed by atoms with Crippen LogP contribution in [0.1, 0.15) is 5.56 Å². The molecule has 6 heteroatoms. The summed E-state index contributed by atoms with van der Waals surface area (Å²) in [5.74, 6) is -0.371. The average Bonchev–Trinajstić information content (AvgIpc) is 2.25. The summed E-state index contributed by atoms with van der Waals surface area (Å²) in [4.78, 5) is 10.9. The molecule has 0 aliphatic heterocycles. The standard InChI is InChI=1S/C10H12N2O3S/c1-2-10(13)12-7-8-5-3-4-6-9(8)16(11,14)15/h2-6H,1,7H2,(H,12,13)(H2,11,14,15). The number of rotatable bonds is 4. The molecule has 0 atom stereocenters. The van der Waals surface area contributed by atoms with Gasteiger partial charge in [-0.3, -0.25) is 4.79 Å². The second kappa shape index (κ2) is 4.91. The minimum absolute atomic E-state index is 0.0133. The molecule has 0 aliphatic carbocycles. The number of sulfonamides is 1. The van der Waals surface area contributed by atoms with Gasteiger partial charge in [0.15, 0.2) is 0 Å². The zero-order valence-electron chi connectivity index (χ0n) is 8.51. The number of nitrogens with two attached hydrogens (primary N) is 1. The lowest BCUT2D eigenvalue weighted by Crippen LogP contribution is -2.22. The molecular formula is C10H12N2O3S. The predicted molar refractivity (Wildman–Crippen MR) is 59.9 cm³/mol. The van der Waals surface area contributed by atoms with E-state index < -0.39 is 10.0 Å². The number of hydrogen-bond donors (Lipinski definition) is 2. The van der Waals surface area contributed by atoms with Gasteiger partial charge in [-0.05, 0) is 17.7 Å². The summed E-state index contributed by atoms with van der Waals surface area (Å²) in [5, 5.41) is 7.52. The van der Waals surface area contributed by atoms with Crippen molar-refractivity contribution in [1.82, 2.24) is 5.32 Å². The first-order valence-corrected chi connectivity index (χ1v) is 6.00. The SMILES string of the molecule is C=CC(=O)NCc1ccccc1S(N)(=O)=O. The third kappa shape index (κ3) is 3.18. The lowest BCUT2D eigenvalue weighted by molar-refractivity contribution is -0.116. The Morgan fingerprint density at radius 1 is 1.44 bits per heavy atom. The predicted octanol–water partition coefficient (Wildman–Crippen LogP) is 0.136. The van der Waals surface area contributed by atoms with E-state index >= 15 is 0 Å². The normalized spacial score (nSPS) is 10.8. The van der Waals surface area contributed by atoms with E-state index in [4.69, 9.17) is 5.14 Å². The summed E-state index contributed by atoms with van der Waals surface area (Å²) in [6.45, 7) is 3.38. The monoisotopic (exact) mass is 240 g/mol. The lowest BCUT2D eigenvalue weighted by atomic mass is 10.2. The van der Waals surface area contributed by atoms with Crippen LogP contribution in [0.3, 0.4) is 0 Å². The number of primary sulfonamides is 1. The van der Waals surface area contributed by atoms with Crippen molar-refractivity contribution < 1.29 is 13.2 Å². The Kier molecular flexibility index (Phi) is 3.81. The number of amides is 1. The van der Waals surface area contributed by atoms with Crippen LogP contribution in [0.15, 0.2) is 41.8 Å². The molecule has 0 aliphatic rings. The molecule has 5 nitrogen and oxygen atoms in total. The molecule has 16 heavy (non-hydrogen) atoms. The topological polar surface area (TPSA) is 89.3 Å². The highest BCUT2D eigenvalue weighted by Crippen LogP contribution is 2.13. The van der Waals surface area contributed by atoms with E-state index in [9.17, 15) is 13.2 Å². The Balaban J connectivity index is 2.97. The van der Waals surface area contributed by atoms with Gasteiger partial charge in [0.2, 0.25) is 15.9 Å². The van der Waals surface area contributed by atoms with Crippen LogP contribution in [0.5, 0.6) is 0 Å². The first-order valence-electron chi connectivity index (χ1n) is 4.46. The quantitative estimate of drug-likeness (QED) is 0.733. The molecule has 1 rings (SSSR count). The molecule has 86 valence electrons. The highest BCUT2D eigenvalue weighted by molar-refractivity contribution is 7.89. The van der Waals surface area contributed by atoms with Crippen LogP contribution in [-0.2, 0) is 21.4 Å². The highest BCUT2D eigenvalue weighted by atomic mass is 32.2. The number of carbonyl (C=O) groups is 1. The van der Waals surface area contributed by atoms with Gasteiger partial charge in [0.05, 0.1) is 4.90 Å². The smallest absolute Gasteiger partial charge is 0.243 e. The van der Waals surface area contributed by atoms with Gasteiger partial charge in [0.1, 0.15) is 0 Å². The maximum atomic E-state index is 11.2. The Hall–Kier alpha value is -1.66. The zero-order valence-corrected chi connectivity index (χ0v) is 9.33. The Labute approximate surface area is 94.0 Å². The average molecular weight is 240 g/mol. The van der Waals surface area contributed by atoms with Crippen LogP contribution in [0, 0.1) is 0 Å². The second-order valence-electron chi connectivity index (χ2n) is 3.07. The third-order valence-electron chi connectivity index (χ3n) is 1.92. The summed E-state index contributed by atoms with van der Waals surface area (Å²) in [7, 11) is -3.77. The van der Waals surface area contributed by atoms with E-state index in [0.717, 1.165) is 6.08 Å². The third-order valence-corrected chi connectivity index (χ3v) is 2.93. The molecule has 0 heterocycles. The molecule has 1 aromatic carbocycles. The maximum absolute atomic E-state index is 11.2. The summed E-state index contributed by atoms with van der Waals surface area (Å²) in [5.41, 5.74) is 0.445. The van der Waals surface area contributed by atoms with Crippen molar-refractivity contribution in [2.45, 2.75) is 11.4 Å². The fraction of sp³-hybridized carbons (Fsp3) is 0.100. The number of nitrogens with one attached hydrogen (secondary N) is 1. The first-order chi connectivity index (χ1) is 7.45. The van der Waals surface area contributed by atoms with Crippen LogP contribution < -0.4 is 10.5 Å². The summed E-state index contributed by atoms with van der Waals surface area (Å²) in [6, 6.07) is 6.22. The van der Waals surface area contributed by atoms with E-state index in [1.54, 1.807) is 18.2 Å². The van der Waals surface area contributed by atoms with Crippen molar-refractivity contribution in [1.29, 1.82) is 0 Å². The van der Waals surface area contributed by atoms with E-state index in [1.807, 2.05) is 0 Å². The van der Waals surface area contributed by atoms with Gasteiger partial charge in [0.25, 0.3) is 0 Å². The number of carbonyl (C=O) groups excluding carboxylic acids is 1. The maximum Gasteiger partial charge on any atom is 0.243 e. The van der Waals surface area contributed by atoms with Crippen molar-refractivity contribution in [3.63, 3.8) is 0 Å². The molecule has 0 saturated heterocycles. The highest BCUT2D eigenvalue weighted by Gasteiger charge is 2.12. The molecular weight excluding hydrogens is 228 g/mol. The van der Waals surface area contributed by atoms with Crippen LogP contribution in [0.2, 0.25) is 0 Å². The molecule has 1 amide bonds. The molecule has 0 unspecified atom stereocenters. The fourth-order valence-corrected chi connectivity index (χ4v) is 1.96. The van der Waals surface area contributed by atoms with E-state index in [2.05, 4.69) is 11.9 Å². The zero-order chi connectivity index (χ0) is 12.2. The van der Waals surface area contributed by atoms with Crippen molar-refractivity contribution in [3.8, 4) is 0 Å². The van der Waals surface area contributed by atoms with E-state index in [1.165, 1.54) is 6.07 Å². The molecule has 0 saturated carbocycles. The fourth-order valence-electron chi connectivity index (χ4n) is 1.18. The molecule has 0 aromatic heterocycles. The minimum Gasteiger partial charge on any atom is -0.348 e. The summed E-state index contributed by atoms with van der Waals surface area (Å²) in [6.07, 6.45) is 1.11. The van der Waals surface area contributed by atoms with Gasteiger partial charge >= 0.3 is 0 Å². The van der Waals surface area contributed by atoms with Crippen molar-refractivity contribution in [2.24, 2.45) is 5.14 Å². The number of hydrogen-bond acceptors (Lipinski definition) is 3. The summed E-state index contributed by atoms with van der Waals surface area (Å²) >= 11 is 0. The molecule has 0 fully saturated rings. The first kappa shape index (κ1) is 12.4.